The normalized spacial score (nSPS) is 8.50. The van der Waals surface area contributed by atoms with E-state index in [4.69, 9.17) is 5.73 Å². The molecular weight excluding hydrogens is 178 g/mol. The van der Waals surface area contributed by atoms with Gasteiger partial charge in [0.25, 0.3) is 0 Å². The Morgan fingerprint density at radius 1 is 1.43 bits per heavy atom. The molecule has 0 heterocycles. The van der Waals surface area contributed by atoms with Crippen molar-refractivity contribution in [3.05, 3.63) is 35.4 Å². The molecule has 0 aliphatic rings. The summed E-state index contributed by atoms with van der Waals surface area (Å²) in [4.78, 5) is 10.3. The van der Waals surface area contributed by atoms with Gasteiger partial charge < -0.3 is 10.5 Å². The van der Waals surface area contributed by atoms with E-state index in [-0.39, 0.29) is 6.61 Å². The molecule has 0 saturated heterocycles. The van der Waals surface area contributed by atoms with E-state index in [1.165, 1.54) is 0 Å². The Kier molecular flexibility index (Phi) is 6.20. The Morgan fingerprint density at radius 3 is 2.57 bits per heavy atom. The van der Waals surface area contributed by atoms with Crippen LogP contribution >= 0.6 is 0 Å². The van der Waals surface area contributed by atoms with Gasteiger partial charge in [0.15, 0.2) is 0 Å². The molecule has 2 N–H and O–H groups in total. The maximum absolute atomic E-state index is 10.3. The summed E-state index contributed by atoms with van der Waals surface area (Å²) in [6.45, 7) is 6.23. The number of hydrogen-bond acceptors (Lipinski definition) is 2. The van der Waals surface area contributed by atoms with Crippen LogP contribution in [0.4, 0.5) is 4.79 Å². The topological polar surface area (TPSA) is 52.3 Å². The van der Waals surface area contributed by atoms with E-state index in [1.807, 2.05) is 45.0 Å². The van der Waals surface area contributed by atoms with Crippen molar-refractivity contribution in [2.45, 2.75) is 27.4 Å². The van der Waals surface area contributed by atoms with Gasteiger partial charge in [0.05, 0.1) is 0 Å². The molecule has 0 radical (unpaired) electrons. The smallest absolute Gasteiger partial charge is 0.404 e. The van der Waals surface area contributed by atoms with E-state index in [1.54, 1.807) is 0 Å². The van der Waals surface area contributed by atoms with E-state index in [0.29, 0.717) is 0 Å². The van der Waals surface area contributed by atoms with Gasteiger partial charge in [-0.05, 0) is 12.5 Å². The van der Waals surface area contributed by atoms with Crippen LogP contribution in [-0.2, 0) is 11.3 Å². The molecule has 0 aliphatic heterocycles. The Labute approximate surface area is 84.9 Å². The number of carbonyl (C=O) groups is 1. The summed E-state index contributed by atoms with van der Waals surface area (Å²) < 4.78 is 4.62. The van der Waals surface area contributed by atoms with Crippen LogP contribution in [0.15, 0.2) is 24.3 Å². The summed E-state index contributed by atoms with van der Waals surface area (Å²) >= 11 is 0. The van der Waals surface area contributed by atoms with Gasteiger partial charge in [-0.15, -0.1) is 0 Å². The molecule has 3 heteroatoms. The summed E-state index contributed by atoms with van der Waals surface area (Å²) in [6, 6.07) is 7.72. The van der Waals surface area contributed by atoms with Gasteiger partial charge >= 0.3 is 6.09 Å². The minimum absolute atomic E-state index is 0.247. The zero-order valence-corrected chi connectivity index (χ0v) is 8.91. The fraction of sp³-hybridized carbons (Fsp3) is 0.364. The molecule has 3 nitrogen and oxygen atoms in total. The molecule has 0 spiro atoms. The minimum Gasteiger partial charge on any atom is -0.445 e. The molecule has 0 saturated carbocycles. The van der Waals surface area contributed by atoms with E-state index >= 15 is 0 Å². The average molecular weight is 195 g/mol. The number of benzene rings is 1. The van der Waals surface area contributed by atoms with Crippen molar-refractivity contribution in [2.24, 2.45) is 5.73 Å². The van der Waals surface area contributed by atoms with Crippen LogP contribution in [-0.4, -0.2) is 6.09 Å². The highest BCUT2D eigenvalue weighted by Gasteiger charge is 1.95. The second-order valence-corrected chi connectivity index (χ2v) is 2.60. The summed E-state index contributed by atoms with van der Waals surface area (Å²) in [5.74, 6) is 0. The van der Waals surface area contributed by atoms with Gasteiger partial charge in [0.1, 0.15) is 6.61 Å². The van der Waals surface area contributed by atoms with Crippen molar-refractivity contribution in [3.8, 4) is 0 Å². The maximum atomic E-state index is 10.3. The molecule has 0 bridgehead atoms. The van der Waals surface area contributed by atoms with Crippen LogP contribution < -0.4 is 5.73 Å². The number of carbonyl (C=O) groups excluding carboxylic acids is 1. The zero-order valence-electron chi connectivity index (χ0n) is 8.91. The number of primary amides is 1. The fourth-order valence-corrected chi connectivity index (χ4v) is 0.956. The second-order valence-electron chi connectivity index (χ2n) is 2.60. The average Bonchev–Trinajstić information content (AvgIpc) is 2.18. The zero-order chi connectivity index (χ0) is 11.0. The van der Waals surface area contributed by atoms with Crippen molar-refractivity contribution >= 4 is 6.09 Å². The van der Waals surface area contributed by atoms with E-state index < -0.39 is 6.09 Å². The third kappa shape index (κ3) is 5.19. The molecular formula is C11H17NO2. The first-order valence-electron chi connectivity index (χ1n) is 4.66. The first-order valence-corrected chi connectivity index (χ1v) is 4.66. The molecule has 0 atom stereocenters. The van der Waals surface area contributed by atoms with Gasteiger partial charge in [-0.25, -0.2) is 4.79 Å². The highest BCUT2D eigenvalue weighted by Crippen LogP contribution is 2.04. The highest BCUT2D eigenvalue weighted by atomic mass is 16.5. The molecule has 1 aromatic rings. The second kappa shape index (κ2) is 6.95. The number of ether oxygens (including phenoxy) is 1. The summed E-state index contributed by atoms with van der Waals surface area (Å²) in [5.41, 5.74) is 6.91. The first kappa shape index (κ1) is 12.5. The third-order valence-electron chi connectivity index (χ3n) is 1.46. The Balaban J connectivity index is 0.000000791. The summed E-state index contributed by atoms with van der Waals surface area (Å²) in [5, 5.41) is 0. The number of hydrogen-bond donors (Lipinski definition) is 1. The lowest BCUT2D eigenvalue weighted by Crippen LogP contribution is -2.12. The van der Waals surface area contributed by atoms with Crippen molar-refractivity contribution in [3.63, 3.8) is 0 Å². The highest BCUT2D eigenvalue weighted by molar-refractivity contribution is 5.64. The van der Waals surface area contributed by atoms with Crippen LogP contribution in [0.2, 0.25) is 0 Å². The van der Waals surface area contributed by atoms with Crippen LogP contribution in [0.5, 0.6) is 0 Å². The maximum Gasteiger partial charge on any atom is 0.404 e. The molecule has 1 aromatic carbocycles. The lowest BCUT2D eigenvalue weighted by Gasteiger charge is -2.01. The van der Waals surface area contributed by atoms with E-state index in [2.05, 4.69) is 4.74 Å². The van der Waals surface area contributed by atoms with Gasteiger partial charge in [0.2, 0.25) is 0 Å². The first-order chi connectivity index (χ1) is 6.68. The molecule has 1 amide bonds. The number of rotatable bonds is 2. The predicted octanol–water partition coefficient (Wildman–Crippen LogP) is 2.62. The van der Waals surface area contributed by atoms with Crippen molar-refractivity contribution in [1.82, 2.24) is 0 Å². The monoisotopic (exact) mass is 195 g/mol. The fourth-order valence-electron chi connectivity index (χ4n) is 0.956. The lowest BCUT2D eigenvalue weighted by molar-refractivity contribution is 0.150. The van der Waals surface area contributed by atoms with Crippen molar-refractivity contribution in [2.75, 3.05) is 0 Å². The Bertz CT molecular complexity index is 284. The largest absolute Gasteiger partial charge is 0.445 e. The SMILES string of the molecule is CC.Cc1cccc(COC(N)=O)c1. The van der Waals surface area contributed by atoms with Crippen LogP contribution in [0.25, 0.3) is 0 Å². The third-order valence-corrected chi connectivity index (χ3v) is 1.46. The minimum atomic E-state index is -0.739. The Morgan fingerprint density at radius 2 is 2.07 bits per heavy atom. The van der Waals surface area contributed by atoms with Crippen LogP contribution in [0.3, 0.4) is 0 Å². The quantitative estimate of drug-likeness (QED) is 0.788. The van der Waals surface area contributed by atoms with Gasteiger partial charge in [0, 0.05) is 0 Å². The van der Waals surface area contributed by atoms with Crippen LogP contribution in [0.1, 0.15) is 25.0 Å². The molecule has 0 aliphatic carbocycles. The standard InChI is InChI=1S/C9H11NO2.C2H6/c1-7-3-2-4-8(5-7)6-12-9(10)11;1-2/h2-5H,6H2,1H3,(H2,10,11);1-2H3. The van der Waals surface area contributed by atoms with Gasteiger partial charge in [-0.3, -0.25) is 0 Å². The molecule has 0 aromatic heterocycles. The number of nitrogens with two attached hydrogens (primary N) is 1. The molecule has 0 fully saturated rings. The summed E-state index contributed by atoms with van der Waals surface area (Å²) in [7, 11) is 0. The molecule has 0 unspecified atom stereocenters. The van der Waals surface area contributed by atoms with Crippen molar-refractivity contribution in [1.29, 1.82) is 0 Å². The van der Waals surface area contributed by atoms with Gasteiger partial charge in [-0.1, -0.05) is 43.7 Å². The Hall–Kier alpha value is -1.51. The van der Waals surface area contributed by atoms with Gasteiger partial charge in [-0.2, -0.15) is 0 Å². The van der Waals surface area contributed by atoms with E-state index in [9.17, 15) is 4.79 Å². The number of amides is 1. The molecule has 78 valence electrons. The van der Waals surface area contributed by atoms with E-state index in [0.717, 1.165) is 11.1 Å². The van der Waals surface area contributed by atoms with Crippen LogP contribution in [0, 0.1) is 6.92 Å². The van der Waals surface area contributed by atoms with Crippen molar-refractivity contribution < 1.29 is 9.53 Å². The molecule has 14 heavy (non-hydrogen) atoms. The molecule has 1 rings (SSSR count). The number of aryl methyl sites for hydroxylation is 1. The predicted molar refractivity (Wildman–Crippen MR) is 56.9 cm³/mol. The lowest BCUT2D eigenvalue weighted by atomic mass is 10.1. The summed E-state index contributed by atoms with van der Waals surface area (Å²) in [6.07, 6.45) is -0.739.